The van der Waals surface area contributed by atoms with Gasteiger partial charge in [0.25, 0.3) is 5.91 Å². The number of nitrogens with zero attached hydrogens (tertiary/aromatic N) is 2. The second kappa shape index (κ2) is 4.88. The summed E-state index contributed by atoms with van der Waals surface area (Å²) in [4.78, 5) is 18.9. The van der Waals surface area contributed by atoms with Crippen LogP contribution in [0.2, 0.25) is 5.15 Å². The highest BCUT2D eigenvalue weighted by Crippen LogP contribution is 2.09. The standard InChI is InChI=1S/C11H7ClFN3O/c12-9-3-1-7(5-14-9)11(17)16-8-2-4-10(13)15-6-8/h1-6H,(H,16,17). The molecule has 0 aromatic carbocycles. The summed E-state index contributed by atoms with van der Waals surface area (Å²) in [5.74, 6) is -0.960. The number of rotatable bonds is 2. The molecule has 0 radical (unpaired) electrons. The van der Waals surface area contributed by atoms with Gasteiger partial charge in [0.15, 0.2) is 0 Å². The third kappa shape index (κ3) is 2.98. The zero-order valence-corrected chi connectivity index (χ0v) is 9.28. The number of aromatic nitrogens is 2. The van der Waals surface area contributed by atoms with Gasteiger partial charge in [-0.15, -0.1) is 0 Å². The SMILES string of the molecule is O=C(Nc1ccc(F)nc1)c1ccc(Cl)nc1. The molecule has 2 aromatic rings. The zero-order valence-electron chi connectivity index (χ0n) is 8.52. The monoisotopic (exact) mass is 251 g/mol. The number of anilines is 1. The third-order valence-corrected chi connectivity index (χ3v) is 2.20. The highest BCUT2D eigenvalue weighted by Gasteiger charge is 2.06. The summed E-state index contributed by atoms with van der Waals surface area (Å²) in [6, 6.07) is 5.64. The molecule has 1 amide bonds. The van der Waals surface area contributed by atoms with Gasteiger partial charge in [0, 0.05) is 6.20 Å². The molecule has 0 atom stereocenters. The van der Waals surface area contributed by atoms with Gasteiger partial charge in [-0.2, -0.15) is 4.39 Å². The Kier molecular flexibility index (Phi) is 3.30. The van der Waals surface area contributed by atoms with Crippen molar-refractivity contribution in [2.45, 2.75) is 0 Å². The van der Waals surface area contributed by atoms with Gasteiger partial charge in [0.1, 0.15) is 5.15 Å². The Labute approximate surface area is 101 Å². The maximum atomic E-state index is 12.5. The summed E-state index contributed by atoms with van der Waals surface area (Å²) in [7, 11) is 0. The molecule has 0 aliphatic heterocycles. The highest BCUT2D eigenvalue weighted by molar-refractivity contribution is 6.29. The molecule has 0 fully saturated rings. The zero-order chi connectivity index (χ0) is 12.3. The molecule has 0 aliphatic carbocycles. The smallest absolute Gasteiger partial charge is 0.257 e. The lowest BCUT2D eigenvalue weighted by molar-refractivity contribution is 0.102. The minimum atomic E-state index is -0.601. The van der Waals surface area contributed by atoms with Crippen molar-refractivity contribution in [2.75, 3.05) is 5.32 Å². The molecule has 2 aromatic heterocycles. The summed E-state index contributed by atoms with van der Waals surface area (Å²) < 4.78 is 12.5. The Balaban J connectivity index is 2.11. The van der Waals surface area contributed by atoms with Crippen molar-refractivity contribution in [3.05, 3.63) is 53.3 Å². The van der Waals surface area contributed by atoms with Crippen LogP contribution in [0.4, 0.5) is 10.1 Å². The predicted molar refractivity (Wildman–Crippen MR) is 61.4 cm³/mol. The minimum Gasteiger partial charge on any atom is -0.321 e. The van der Waals surface area contributed by atoms with Crippen LogP contribution in [-0.4, -0.2) is 15.9 Å². The average Bonchev–Trinajstić information content (AvgIpc) is 2.33. The van der Waals surface area contributed by atoms with Crippen LogP contribution in [0.25, 0.3) is 0 Å². The molecule has 0 unspecified atom stereocenters. The summed E-state index contributed by atoms with van der Waals surface area (Å²) in [6.07, 6.45) is 2.59. The van der Waals surface area contributed by atoms with Gasteiger partial charge < -0.3 is 5.32 Å². The molecule has 86 valence electrons. The summed E-state index contributed by atoms with van der Waals surface area (Å²) in [5, 5.41) is 2.86. The van der Waals surface area contributed by atoms with Crippen LogP contribution < -0.4 is 5.32 Å². The number of amides is 1. The molecule has 2 rings (SSSR count). The van der Waals surface area contributed by atoms with Crippen LogP contribution in [0.1, 0.15) is 10.4 Å². The van der Waals surface area contributed by atoms with E-state index in [-0.39, 0.29) is 5.91 Å². The van der Waals surface area contributed by atoms with Gasteiger partial charge >= 0.3 is 0 Å². The Hall–Kier alpha value is -2.01. The van der Waals surface area contributed by atoms with Crippen molar-refractivity contribution in [1.29, 1.82) is 0 Å². The van der Waals surface area contributed by atoms with Crippen molar-refractivity contribution in [3.8, 4) is 0 Å². The van der Waals surface area contributed by atoms with Gasteiger partial charge in [0.2, 0.25) is 5.95 Å². The topological polar surface area (TPSA) is 54.9 Å². The molecule has 0 saturated carbocycles. The van der Waals surface area contributed by atoms with E-state index in [1.807, 2.05) is 0 Å². The minimum absolute atomic E-state index is 0.310. The van der Waals surface area contributed by atoms with E-state index in [2.05, 4.69) is 15.3 Å². The molecule has 0 spiro atoms. The van der Waals surface area contributed by atoms with E-state index >= 15 is 0 Å². The fraction of sp³-hybridized carbons (Fsp3) is 0. The first-order valence-electron chi connectivity index (χ1n) is 4.69. The molecule has 17 heavy (non-hydrogen) atoms. The maximum absolute atomic E-state index is 12.5. The molecule has 0 saturated heterocycles. The maximum Gasteiger partial charge on any atom is 0.257 e. The molecular formula is C11H7ClFN3O. The largest absolute Gasteiger partial charge is 0.321 e. The summed E-state index contributed by atoms with van der Waals surface area (Å²) in [6.45, 7) is 0. The van der Waals surface area contributed by atoms with E-state index in [0.717, 1.165) is 6.07 Å². The van der Waals surface area contributed by atoms with E-state index in [4.69, 9.17) is 11.6 Å². The first kappa shape index (κ1) is 11.5. The molecule has 4 nitrogen and oxygen atoms in total. The van der Waals surface area contributed by atoms with Crippen molar-refractivity contribution in [1.82, 2.24) is 9.97 Å². The highest BCUT2D eigenvalue weighted by atomic mass is 35.5. The van der Waals surface area contributed by atoms with E-state index in [0.29, 0.717) is 16.4 Å². The van der Waals surface area contributed by atoms with E-state index < -0.39 is 5.95 Å². The van der Waals surface area contributed by atoms with Crippen LogP contribution in [0.15, 0.2) is 36.7 Å². The van der Waals surface area contributed by atoms with Crippen LogP contribution in [0, 0.1) is 5.95 Å². The van der Waals surface area contributed by atoms with Crippen LogP contribution in [0.3, 0.4) is 0 Å². The molecule has 6 heteroatoms. The Morgan fingerprint density at radius 3 is 2.59 bits per heavy atom. The van der Waals surface area contributed by atoms with Crippen molar-refractivity contribution in [3.63, 3.8) is 0 Å². The normalized spacial score (nSPS) is 10.0. The summed E-state index contributed by atoms with van der Waals surface area (Å²) >= 11 is 5.60. The lowest BCUT2D eigenvalue weighted by Crippen LogP contribution is -2.12. The number of halogens is 2. The van der Waals surface area contributed by atoms with Gasteiger partial charge in [-0.25, -0.2) is 9.97 Å². The van der Waals surface area contributed by atoms with Gasteiger partial charge in [-0.1, -0.05) is 11.6 Å². The second-order valence-corrected chi connectivity index (χ2v) is 3.58. The molecule has 2 heterocycles. The lowest BCUT2D eigenvalue weighted by atomic mass is 10.2. The van der Waals surface area contributed by atoms with Crippen molar-refractivity contribution >= 4 is 23.2 Å². The van der Waals surface area contributed by atoms with Gasteiger partial charge in [-0.05, 0) is 24.3 Å². The third-order valence-electron chi connectivity index (χ3n) is 1.97. The fourth-order valence-corrected chi connectivity index (χ4v) is 1.27. The van der Waals surface area contributed by atoms with E-state index in [1.54, 1.807) is 6.07 Å². The molecular weight excluding hydrogens is 245 g/mol. The number of carbonyl (C=O) groups is 1. The van der Waals surface area contributed by atoms with Gasteiger partial charge in [0.05, 0.1) is 17.4 Å². The van der Waals surface area contributed by atoms with Crippen LogP contribution in [0.5, 0.6) is 0 Å². The number of nitrogens with one attached hydrogen (secondary N) is 1. The van der Waals surface area contributed by atoms with E-state index in [9.17, 15) is 9.18 Å². The number of hydrogen-bond donors (Lipinski definition) is 1. The first-order chi connectivity index (χ1) is 8.15. The van der Waals surface area contributed by atoms with E-state index in [1.165, 1.54) is 24.5 Å². The van der Waals surface area contributed by atoms with Crippen LogP contribution >= 0.6 is 11.6 Å². The summed E-state index contributed by atoms with van der Waals surface area (Å²) in [5.41, 5.74) is 0.769. The van der Waals surface area contributed by atoms with Gasteiger partial charge in [-0.3, -0.25) is 4.79 Å². The number of hydrogen-bond acceptors (Lipinski definition) is 3. The lowest BCUT2D eigenvalue weighted by Gasteiger charge is -2.04. The molecule has 1 N–H and O–H groups in total. The number of pyridine rings is 2. The Bertz CT molecular complexity index is 527. The Morgan fingerprint density at radius 1 is 1.18 bits per heavy atom. The Morgan fingerprint density at radius 2 is 2.00 bits per heavy atom. The molecule has 0 bridgehead atoms. The van der Waals surface area contributed by atoms with Crippen LogP contribution in [-0.2, 0) is 0 Å². The fourth-order valence-electron chi connectivity index (χ4n) is 1.16. The average molecular weight is 252 g/mol. The van der Waals surface area contributed by atoms with Crippen molar-refractivity contribution < 1.29 is 9.18 Å². The number of carbonyl (C=O) groups excluding carboxylic acids is 1. The predicted octanol–water partition coefficient (Wildman–Crippen LogP) is 2.52. The first-order valence-corrected chi connectivity index (χ1v) is 5.07. The quantitative estimate of drug-likeness (QED) is 0.835. The second-order valence-electron chi connectivity index (χ2n) is 3.19. The molecule has 0 aliphatic rings. The van der Waals surface area contributed by atoms with Crippen molar-refractivity contribution in [2.24, 2.45) is 0 Å².